The number of amides is 1. The predicted molar refractivity (Wildman–Crippen MR) is 396 cm³/mol. The van der Waals surface area contributed by atoms with E-state index in [0.717, 1.165) is 70.6 Å². The Morgan fingerprint density at radius 3 is 1.00 bits per heavy atom. The molecule has 1 saturated heterocycles. The van der Waals surface area contributed by atoms with Gasteiger partial charge in [-0.3, -0.25) is 4.79 Å². The fourth-order valence-corrected chi connectivity index (χ4v) is 13.1. The van der Waals surface area contributed by atoms with Crippen LogP contribution in [0.25, 0.3) is 0 Å². The highest BCUT2D eigenvalue weighted by Gasteiger charge is 2.44. The van der Waals surface area contributed by atoms with Gasteiger partial charge >= 0.3 is 0 Å². The van der Waals surface area contributed by atoms with Crippen molar-refractivity contribution in [3.63, 3.8) is 0 Å². The van der Waals surface area contributed by atoms with Crippen LogP contribution < -0.4 is 5.32 Å². The highest BCUT2D eigenvalue weighted by atomic mass is 16.7. The zero-order valence-corrected chi connectivity index (χ0v) is 60.8. The summed E-state index contributed by atoms with van der Waals surface area (Å²) < 4.78 is 11.4. The molecule has 0 radical (unpaired) electrons. The van der Waals surface area contributed by atoms with E-state index in [0.29, 0.717) is 12.8 Å². The first-order chi connectivity index (χ1) is 45.3. The van der Waals surface area contributed by atoms with Crippen LogP contribution in [-0.2, 0) is 14.3 Å². The summed E-state index contributed by atoms with van der Waals surface area (Å²) in [5, 5.41) is 55.1. The van der Waals surface area contributed by atoms with Gasteiger partial charge in [-0.2, -0.15) is 0 Å². The minimum Gasteiger partial charge on any atom is -0.394 e. The molecule has 7 unspecified atom stereocenters. The number of hydrogen-bond acceptors (Lipinski definition) is 8. The molecule has 1 amide bonds. The molecule has 0 aromatic rings. The zero-order chi connectivity index (χ0) is 66.4. The molecule has 7 atom stereocenters. The van der Waals surface area contributed by atoms with Crippen LogP contribution in [0.2, 0.25) is 0 Å². The molecule has 1 fully saturated rings. The quantitative estimate of drug-likeness (QED) is 0.0261. The Morgan fingerprint density at radius 2 is 0.674 bits per heavy atom. The van der Waals surface area contributed by atoms with Crippen LogP contribution in [0.15, 0.2) is 60.8 Å². The van der Waals surface area contributed by atoms with Crippen molar-refractivity contribution in [1.29, 1.82) is 0 Å². The van der Waals surface area contributed by atoms with Crippen molar-refractivity contribution < 1.29 is 39.8 Å². The number of hydrogen-bond donors (Lipinski definition) is 6. The van der Waals surface area contributed by atoms with Gasteiger partial charge in [0.15, 0.2) is 6.29 Å². The van der Waals surface area contributed by atoms with Crippen molar-refractivity contribution in [2.24, 2.45) is 0 Å². The highest BCUT2D eigenvalue weighted by Crippen LogP contribution is 2.24. The van der Waals surface area contributed by atoms with E-state index in [9.17, 15) is 30.3 Å². The van der Waals surface area contributed by atoms with Crippen LogP contribution >= 0.6 is 0 Å². The lowest BCUT2D eigenvalue weighted by Gasteiger charge is -2.40. The van der Waals surface area contributed by atoms with Crippen LogP contribution in [0.5, 0.6) is 0 Å². The van der Waals surface area contributed by atoms with E-state index in [1.54, 1.807) is 0 Å². The molecule has 1 aliphatic heterocycles. The molecule has 6 N–H and O–H groups in total. The second-order valence-electron chi connectivity index (χ2n) is 28.2. The molecule has 1 rings (SSSR count). The number of aliphatic hydroxyl groups excluding tert-OH is 5. The molecular formula is C83H155NO8. The maximum Gasteiger partial charge on any atom is 0.220 e. The van der Waals surface area contributed by atoms with Crippen molar-refractivity contribution in [1.82, 2.24) is 5.32 Å². The monoisotopic (exact) mass is 1290 g/mol. The summed E-state index contributed by atoms with van der Waals surface area (Å²) >= 11 is 0. The molecular weight excluding hydrogens is 1140 g/mol. The number of ether oxygens (including phenoxy) is 2. The van der Waals surface area contributed by atoms with Crippen LogP contribution in [0.1, 0.15) is 406 Å². The lowest BCUT2D eigenvalue weighted by molar-refractivity contribution is -0.302. The van der Waals surface area contributed by atoms with Gasteiger partial charge in [-0.15, -0.1) is 0 Å². The van der Waals surface area contributed by atoms with Crippen molar-refractivity contribution >= 4 is 5.91 Å². The summed E-state index contributed by atoms with van der Waals surface area (Å²) in [7, 11) is 0. The van der Waals surface area contributed by atoms with Crippen LogP contribution in [0.4, 0.5) is 0 Å². The normalized spacial score (nSPS) is 17.9. The second-order valence-corrected chi connectivity index (χ2v) is 28.2. The summed E-state index contributed by atoms with van der Waals surface area (Å²) in [6.45, 7) is 3.78. The van der Waals surface area contributed by atoms with Crippen molar-refractivity contribution in [2.45, 2.75) is 448 Å². The Kier molecular flexibility index (Phi) is 68.5. The number of aliphatic hydroxyl groups is 5. The Bertz CT molecular complexity index is 1650. The van der Waals surface area contributed by atoms with E-state index in [2.05, 4.69) is 79.9 Å². The van der Waals surface area contributed by atoms with Gasteiger partial charge < -0.3 is 40.3 Å². The van der Waals surface area contributed by atoms with Gasteiger partial charge in [0.05, 0.1) is 25.4 Å². The number of allylic oxidation sites excluding steroid dienone is 10. The summed E-state index contributed by atoms with van der Waals surface area (Å²) in [5.41, 5.74) is 0. The largest absolute Gasteiger partial charge is 0.394 e. The standard InChI is InChI=1S/C83H155NO8/c1-3-5-7-9-11-13-15-17-19-21-23-25-27-29-31-33-35-36-37-38-39-40-41-42-43-45-47-49-51-53-55-57-59-61-63-65-67-69-71-73-79(87)84-76(75-91-83-82(90)81(89)80(88)78(74-85)92-83)77(86)72-70-68-66-64-62-60-58-56-54-52-50-48-46-44-34-32-30-28-26-24-22-20-18-16-14-12-10-8-6-4-2/h5,7,11,13,17,19,23,25,29,31,76-78,80-83,85-86,88-90H,3-4,6,8-10,12,14-16,18,20-22,24,26-28,30,32-75H2,1-2H3,(H,84,87)/b7-5-,13-11-,19-17-,25-23-,31-29-. The van der Waals surface area contributed by atoms with Gasteiger partial charge in [0.1, 0.15) is 24.4 Å². The van der Waals surface area contributed by atoms with Crippen LogP contribution in [0, 0.1) is 0 Å². The average molecular weight is 1300 g/mol. The molecule has 540 valence electrons. The lowest BCUT2D eigenvalue weighted by atomic mass is 9.99. The average Bonchev–Trinajstić information content (AvgIpc) is 1.45. The molecule has 9 heteroatoms. The maximum atomic E-state index is 13.2. The van der Waals surface area contributed by atoms with E-state index in [-0.39, 0.29) is 12.5 Å². The molecule has 0 aliphatic carbocycles. The predicted octanol–water partition coefficient (Wildman–Crippen LogP) is 23.3. The number of rotatable bonds is 72. The van der Waals surface area contributed by atoms with E-state index in [1.165, 1.54) is 308 Å². The van der Waals surface area contributed by atoms with Gasteiger partial charge in [0.2, 0.25) is 5.91 Å². The molecule has 1 heterocycles. The van der Waals surface area contributed by atoms with Crippen LogP contribution in [0.3, 0.4) is 0 Å². The topological polar surface area (TPSA) is 149 Å². The first-order valence-electron chi connectivity index (χ1n) is 40.5. The maximum absolute atomic E-state index is 13.2. The Hall–Kier alpha value is -2.11. The lowest BCUT2D eigenvalue weighted by Crippen LogP contribution is -2.60. The summed E-state index contributed by atoms with van der Waals surface area (Å²) in [4.78, 5) is 13.2. The van der Waals surface area contributed by atoms with E-state index >= 15 is 0 Å². The molecule has 0 bridgehead atoms. The fourth-order valence-electron chi connectivity index (χ4n) is 13.1. The minimum atomic E-state index is -1.55. The molecule has 0 saturated carbocycles. The minimum absolute atomic E-state index is 0.134. The van der Waals surface area contributed by atoms with Gasteiger partial charge in [-0.1, -0.05) is 402 Å². The molecule has 1 aliphatic rings. The van der Waals surface area contributed by atoms with Gasteiger partial charge in [-0.05, 0) is 57.8 Å². The Labute approximate surface area is 570 Å². The fraction of sp³-hybridized carbons (Fsp3) is 0.867. The zero-order valence-electron chi connectivity index (χ0n) is 60.8. The van der Waals surface area contributed by atoms with Gasteiger partial charge in [-0.25, -0.2) is 0 Å². The SMILES string of the molecule is CC/C=C\C/C=C\C/C=C\C/C=C\C/C=C\CCCCCCCCCCCCCCCCCCCCCCCCCC(=O)NC(COC1OC(CO)C(O)C(O)C1O)C(O)CCCCCCCCCCCCCCCCCCCCCCCCCCCCCCCC. The van der Waals surface area contributed by atoms with Crippen molar-refractivity contribution in [3.8, 4) is 0 Å². The van der Waals surface area contributed by atoms with Crippen molar-refractivity contribution in [3.05, 3.63) is 60.8 Å². The number of nitrogens with one attached hydrogen (secondary N) is 1. The summed E-state index contributed by atoms with van der Waals surface area (Å²) in [6.07, 6.45) is 93.4. The number of unbranched alkanes of at least 4 members (excludes halogenated alkanes) is 52. The van der Waals surface area contributed by atoms with E-state index in [4.69, 9.17) is 9.47 Å². The third kappa shape index (κ3) is 59.2. The first kappa shape index (κ1) is 87.9. The molecule has 0 spiro atoms. The smallest absolute Gasteiger partial charge is 0.220 e. The summed E-state index contributed by atoms with van der Waals surface area (Å²) in [5.74, 6) is -0.135. The van der Waals surface area contributed by atoms with E-state index in [1.807, 2.05) is 0 Å². The Morgan fingerprint density at radius 1 is 0.380 bits per heavy atom. The Balaban J connectivity index is 2.04. The highest BCUT2D eigenvalue weighted by molar-refractivity contribution is 5.76. The molecule has 9 nitrogen and oxygen atoms in total. The van der Waals surface area contributed by atoms with E-state index < -0.39 is 49.5 Å². The molecule has 0 aromatic heterocycles. The first-order valence-corrected chi connectivity index (χ1v) is 40.5. The third-order valence-electron chi connectivity index (χ3n) is 19.4. The molecule has 92 heavy (non-hydrogen) atoms. The van der Waals surface area contributed by atoms with Gasteiger partial charge in [0.25, 0.3) is 0 Å². The second kappa shape index (κ2) is 71.7. The third-order valence-corrected chi connectivity index (χ3v) is 19.4. The number of carbonyl (C=O) groups excluding carboxylic acids is 1. The van der Waals surface area contributed by atoms with Crippen molar-refractivity contribution in [2.75, 3.05) is 13.2 Å². The molecule has 0 aromatic carbocycles. The van der Waals surface area contributed by atoms with Crippen LogP contribution in [-0.4, -0.2) is 87.5 Å². The van der Waals surface area contributed by atoms with Gasteiger partial charge in [0, 0.05) is 6.42 Å². The number of carbonyl (C=O) groups is 1. The summed E-state index contributed by atoms with van der Waals surface area (Å²) in [6, 6.07) is -0.721.